The van der Waals surface area contributed by atoms with Gasteiger partial charge in [-0.1, -0.05) is 38.5 Å². The quantitative estimate of drug-likeness (QED) is 0.226. The Hall–Kier alpha value is -4.46. The van der Waals surface area contributed by atoms with Crippen molar-refractivity contribution >= 4 is 22.6 Å². The minimum atomic E-state index is -0.377. The van der Waals surface area contributed by atoms with Crippen LogP contribution in [0.25, 0.3) is 16.6 Å². The van der Waals surface area contributed by atoms with E-state index in [0.717, 1.165) is 27.8 Å². The summed E-state index contributed by atoms with van der Waals surface area (Å²) < 4.78 is 24.0. The maximum Gasteiger partial charge on any atom is 0.228 e. The van der Waals surface area contributed by atoms with Gasteiger partial charge in [0.2, 0.25) is 5.91 Å². The molecule has 40 heavy (non-hydrogen) atoms. The topological polar surface area (TPSA) is 65.2 Å². The molecule has 5 aromatic rings. The van der Waals surface area contributed by atoms with E-state index in [9.17, 15) is 9.18 Å². The lowest BCUT2D eigenvalue weighted by Crippen LogP contribution is -2.28. The van der Waals surface area contributed by atoms with Gasteiger partial charge in [-0.25, -0.2) is 9.07 Å². The van der Waals surface area contributed by atoms with Gasteiger partial charge in [0.05, 0.1) is 23.1 Å². The fraction of sp³-hybridized carbons (Fsp3) is 0.281. The summed E-state index contributed by atoms with van der Waals surface area (Å²) in [5.41, 5.74) is 4.32. The van der Waals surface area contributed by atoms with Crippen molar-refractivity contribution in [3.8, 4) is 17.2 Å². The zero-order valence-corrected chi connectivity index (χ0v) is 23.8. The van der Waals surface area contributed by atoms with Crippen LogP contribution >= 0.6 is 0 Å². The standard InChI is InChI=1S/C32H34FN5O2/c1-21-7-11-25(12-8-21)38-30(19-29(35-38)32(2,3)4)36(5)31(39)16-9-22-17-24(33)10-15-28(22)40-26-13-14-27-23(18-26)20-34-37(27)6/h7-8,10-15,17-20H,9,16H2,1-6H3. The van der Waals surface area contributed by atoms with Crippen LogP contribution in [0.5, 0.6) is 11.5 Å². The van der Waals surface area contributed by atoms with Crippen molar-refractivity contribution in [2.75, 3.05) is 11.9 Å². The third-order valence-corrected chi connectivity index (χ3v) is 7.03. The number of benzene rings is 3. The number of amides is 1. The second-order valence-electron chi connectivity index (χ2n) is 11.2. The molecule has 2 aromatic heterocycles. The highest BCUT2D eigenvalue weighted by molar-refractivity contribution is 5.92. The monoisotopic (exact) mass is 539 g/mol. The summed E-state index contributed by atoms with van der Waals surface area (Å²) in [5, 5.41) is 10.1. The van der Waals surface area contributed by atoms with Crippen molar-refractivity contribution in [1.29, 1.82) is 0 Å². The third kappa shape index (κ3) is 5.61. The molecule has 0 spiro atoms. The number of halogens is 1. The average molecular weight is 540 g/mol. The van der Waals surface area contributed by atoms with E-state index in [2.05, 4.69) is 25.9 Å². The second-order valence-corrected chi connectivity index (χ2v) is 11.2. The molecule has 0 N–H and O–H groups in total. The zero-order chi connectivity index (χ0) is 28.6. The Labute approximate surface area is 233 Å². The molecule has 0 saturated carbocycles. The van der Waals surface area contributed by atoms with Gasteiger partial charge < -0.3 is 4.74 Å². The van der Waals surface area contributed by atoms with Crippen molar-refractivity contribution in [2.45, 2.75) is 46.0 Å². The third-order valence-electron chi connectivity index (χ3n) is 7.03. The van der Waals surface area contributed by atoms with Gasteiger partial charge in [-0.15, -0.1) is 0 Å². The number of hydrogen-bond donors (Lipinski definition) is 0. The summed E-state index contributed by atoms with van der Waals surface area (Å²) in [5.74, 6) is 1.33. The summed E-state index contributed by atoms with van der Waals surface area (Å²) in [4.78, 5) is 15.1. The van der Waals surface area contributed by atoms with E-state index in [1.807, 2.05) is 67.2 Å². The van der Waals surface area contributed by atoms with Crippen molar-refractivity contribution < 1.29 is 13.9 Å². The molecule has 0 aliphatic heterocycles. The van der Waals surface area contributed by atoms with Gasteiger partial charge >= 0.3 is 0 Å². The number of aromatic nitrogens is 4. The number of aryl methyl sites for hydroxylation is 3. The lowest BCUT2D eigenvalue weighted by atomic mass is 9.92. The Morgan fingerprint density at radius 2 is 1.77 bits per heavy atom. The maximum absolute atomic E-state index is 14.3. The highest BCUT2D eigenvalue weighted by Crippen LogP contribution is 2.31. The van der Waals surface area contributed by atoms with Crippen LogP contribution in [0, 0.1) is 12.7 Å². The smallest absolute Gasteiger partial charge is 0.228 e. The van der Waals surface area contributed by atoms with Gasteiger partial charge in [-0.05, 0) is 67.4 Å². The molecule has 206 valence electrons. The highest BCUT2D eigenvalue weighted by atomic mass is 19.1. The van der Waals surface area contributed by atoms with Gasteiger partial charge in [-0.3, -0.25) is 14.4 Å². The summed E-state index contributed by atoms with van der Waals surface area (Å²) in [6.07, 6.45) is 2.26. The molecule has 2 heterocycles. The van der Waals surface area contributed by atoms with Crippen LogP contribution in [0.2, 0.25) is 0 Å². The molecule has 7 nitrogen and oxygen atoms in total. The van der Waals surface area contributed by atoms with E-state index < -0.39 is 0 Å². The zero-order valence-electron chi connectivity index (χ0n) is 23.8. The molecular weight excluding hydrogens is 505 g/mol. The van der Waals surface area contributed by atoms with E-state index in [-0.39, 0.29) is 23.6 Å². The lowest BCUT2D eigenvalue weighted by Gasteiger charge is -2.19. The van der Waals surface area contributed by atoms with Gasteiger partial charge in [0.25, 0.3) is 0 Å². The van der Waals surface area contributed by atoms with Crippen LogP contribution in [0.3, 0.4) is 0 Å². The van der Waals surface area contributed by atoms with Crippen LogP contribution in [0.1, 0.15) is 44.0 Å². The van der Waals surface area contributed by atoms with Crippen LogP contribution in [-0.4, -0.2) is 32.5 Å². The van der Waals surface area contributed by atoms with Gasteiger partial charge in [0, 0.05) is 37.4 Å². The lowest BCUT2D eigenvalue weighted by molar-refractivity contribution is -0.118. The summed E-state index contributed by atoms with van der Waals surface area (Å²) >= 11 is 0. The minimum absolute atomic E-state index is 0.110. The number of fused-ring (bicyclic) bond motifs is 1. The van der Waals surface area contributed by atoms with Crippen LogP contribution < -0.4 is 9.64 Å². The van der Waals surface area contributed by atoms with Crippen LogP contribution in [0.15, 0.2) is 72.9 Å². The first kappa shape index (κ1) is 27.1. The van der Waals surface area contributed by atoms with Gasteiger partial charge in [0.1, 0.15) is 23.1 Å². The number of nitrogens with zero attached hydrogens (tertiary/aromatic N) is 5. The molecule has 3 aromatic carbocycles. The molecule has 0 bridgehead atoms. The molecule has 0 saturated heterocycles. The maximum atomic E-state index is 14.3. The molecule has 0 unspecified atom stereocenters. The molecule has 8 heteroatoms. The molecule has 5 rings (SSSR count). The van der Waals surface area contributed by atoms with Crippen molar-refractivity contribution in [1.82, 2.24) is 19.6 Å². The number of rotatable bonds is 7. The van der Waals surface area contributed by atoms with Crippen LogP contribution in [0.4, 0.5) is 10.2 Å². The molecular formula is C32H34FN5O2. The predicted octanol–water partition coefficient (Wildman–Crippen LogP) is 6.89. The number of hydrogen-bond acceptors (Lipinski definition) is 4. The first-order valence-electron chi connectivity index (χ1n) is 13.3. The normalized spacial score (nSPS) is 11.7. The average Bonchev–Trinajstić information content (AvgIpc) is 3.53. The Kier molecular flexibility index (Phi) is 7.19. The first-order valence-corrected chi connectivity index (χ1v) is 13.3. The van der Waals surface area contributed by atoms with Crippen molar-refractivity contribution in [2.24, 2.45) is 7.05 Å². The highest BCUT2D eigenvalue weighted by Gasteiger charge is 2.24. The Morgan fingerprint density at radius 3 is 2.50 bits per heavy atom. The largest absolute Gasteiger partial charge is 0.457 e. The molecule has 0 aliphatic rings. The number of carbonyl (C=O) groups is 1. The number of carbonyl (C=O) groups excluding carboxylic acids is 1. The SMILES string of the molecule is Cc1ccc(-n2nc(C(C)(C)C)cc2N(C)C(=O)CCc2cc(F)ccc2Oc2ccc3c(cnn3C)c2)cc1. The molecule has 0 fully saturated rings. The fourth-order valence-electron chi connectivity index (χ4n) is 4.56. The van der Waals surface area contributed by atoms with Crippen molar-refractivity contribution in [3.05, 3.63) is 95.6 Å². The van der Waals surface area contributed by atoms with Crippen molar-refractivity contribution in [3.63, 3.8) is 0 Å². The van der Waals surface area contributed by atoms with E-state index in [1.54, 1.807) is 28.9 Å². The Bertz CT molecular complexity index is 1680. The molecule has 0 radical (unpaired) electrons. The number of ether oxygens (including phenoxy) is 1. The summed E-state index contributed by atoms with van der Waals surface area (Å²) in [7, 11) is 3.63. The molecule has 1 amide bonds. The van der Waals surface area contributed by atoms with E-state index in [0.29, 0.717) is 29.3 Å². The van der Waals surface area contributed by atoms with E-state index >= 15 is 0 Å². The summed E-state index contributed by atoms with van der Waals surface area (Å²) in [6, 6.07) is 20.1. The Morgan fingerprint density at radius 1 is 1.02 bits per heavy atom. The first-order chi connectivity index (χ1) is 19.0. The van der Waals surface area contributed by atoms with E-state index in [1.165, 1.54) is 12.1 Å². The van der Waals surface area contributed by atoms with Gasteiger partial charge in [0.15, 0.2) is 0 Å². The molecule has 0 atom stereocenters. The minimum Gasteiger partial charge on any atom is -0.457 e. The summed E-state index contributed by atoms with van der Waals surface area (Å²) in [6.45, 7) is 8.32. The second kappa shape index (κ2) is 10.6. The molecule has 0 aliphatic carbocycles. The van der Waals surface area contributed by atoms with E-state index in [4.69, 9.17) is 9.84 Å². The fourth-order valence-corrected chi connectivity index (χ4v) is 4.56. The van der Waals surface area contributed by atoms with Crippen LogP contribution in [-0.2, 0) is 23.7 Å². The predicted molar refractivity (Wildman–Crippen MR) is 156 cm³/mol. The van der Waals surface area contributed by atoms with Gasteiger partial charge in [-0.2, -0.15) is 10.2 Å². The number of anilines is 1. The Balaban J connectivity index is 1.37.